The van der Waals surface area contributed by atoms with Crippen molar-refractivity contribution in [3.05, 3.63) is 115 Å². The highest BCUT2D eigenvalue weighted by atomic mass is 35.5. The van der Waals surface area contributed by atoms with Gasteiger partial charge in [0.2, 0.25) is 0 Å². The number of fused-ring (bicyclic) bond motifs is 2. The van der Waals surface area contributed by atoms with E-state index in [2.05, 4.69) is 45.3 Å². The topological polar surface area (TPSA) is 170 Å². The number of carbonyl (C=O) groups excluding carboxylic acids is 1. The molecule has 6 aromatic rings. The molecule has 3 aliphatic rings. The van der Waals surface area contributed by atoms with E-state index in [0.29, 0.717) is 80.6 Å². The molecule has 2 aliphatic carbocycles. The molecule has 0 amide bonds. The summed E-state index contributed by atoms with van der Waals surface area (Å²) in [5.74, 6) is -0.158. The Bertz CT molecular complexity index is 2870. The fraction of sp³-hybridized carbons (Fsp3) is 0.341. The fourth-order valence-electron chi connectivity index (χ4n) is 8.04. The second kappa shape index (κ2) is 17.3. The first-order chi connectivity index (χ1) is 29.3. The van der Waals surface area contributed by atoms with Crippen LogP contribution >= 0.6 is 46.4 Å². The van der Waals surface area contributed by atoms with Crippen LogP contribution in [0.4, 0.5) is 0 Å². The molecule has 9 rings (SSSR count). The van der Waals surface area contributed by atoms with Crippen molar-refractivity contribution in [2.75, 3.05) is 13.2 Å². The molecule has 61 heavy (non-hydrogen) atoms. The number of rotatable bonds is 6. The van der Waals surface area contributed by atoms with Gasteiger partial charge >= 0.3 is 0 Å². The van der Waals surface area contributed by atoms with Crippen molar-refractivity contribution >= 4 is 85.7 Å². The Labute approximate surface area is 371 Å². The van der Waals surface area contributed by atoms with Crippen LogP contribution in [0.5, 0.6) is 0 Å². The number of ketones is 1. The van der Waals surface area contributed by atoms with Gasteiger partial charge in [0.25, 0.3) is 0 Å². The maximum absolute atomic E-state index is 11.8. The molecule has 17 heteroatoms. The van der Waals surface area contributed by atoms with Crippen LogP contribution in [-0.2, 0) is 14.3 Å². The average molecular weight is 897 g/mol. The second-order valence-electron chi connectivity index (χ2n) is 15.4. The molecule has 1 fully saturated rings. The third kappa shape index (κ3) is 8.15. The third-order valence-corrected chi connectivity index (χ3v) is 12.7. The Balaban J connectivity index is 0.000000169. The van der Waals surface area contributed by atoms with Gasteiger partial charge in [0, 0.05) is 44.8 Å². The molecule has 2 aromatic carbocycles. The van der Waals surface area contributed by atoms with Crippen molar-refractivity contribution < 1.29 is 14.3 Å². The minimum Gasteiger partial charge on any atom is -0.347 e. The first kappa shape index (κ1) is 42.4. The average Bonchev–Trinajstić information content (AvgIpc) is 3.98. The molecule has 310 valence electrons. The van der Waals surface area contributed by atoms with Crippen LogP contribution in [0.1, 0.15) is 99.4 Å². The van der Waals surface area contributed by atoms with E-state index in [0.717, 1.165) is 34.4 Å². The van der Waals surface area contributed by atoms with Gasteiger partial charge in [-0.1, -0.05) is 84.5 Å². The molecule has 0 bridgehead atoms. The number of Topliss-reactive ketones (excluding diaryl/α,β-unsaturated/α-hetero) is 1. The Morgan fingerprint density at radius 1 is 0.754 bits per heavy atom. The SMILES string of the molecule is CC1CC(c2cnc3c(C#N)nn([C@H](C)c4ccc(Cl)cc4Cl)c3n2)=CCC12OCCO2.CC1CC(c2cnc3c(C#N)nn([C@H](C)c4ccc(Cl)cc4Cl)c3n2)=CCC1=O. The first-order valence-electron chi connectivity index (χ1n) is 19.7. The van der Waals surface area contributed by atoms with Gasteiger partial charge in [0.1, 0.15) is 29.0 Å². The smallest absolute Gasteiger partial charge is 0.190 e. The number of nitriles is 2. The number of carbonyl (C=O) groups is 1. The molecule has 4 aromatic heterocycles. The molecule has 13 nitrogen and oxygen atoms in total. The number of ether oxygens (including phenoxy) is 2. The Hall–Kier alpha value is -5.25. The summed E-state index contributed by atoms with van der Waals surface area (Å²) < 4.78 is 15.2. The molecule has 0 radical (unpaired) electrons. The molecule has 0 saturated carbocycles. The van der Waals surface area contributed by atoms with E-state index >= 15 is 0 Å². The number of nitrogens with zero attached hydrogens (tertiary/aromatic N) is 10. The maximum Gasteiger partial charge on any atom is 0.190 e. The van der Waals surface area contributed by atoms with E-state index in [4.69, 9.17) is 65.8 Å². The van der Waals surface area contributed by atoms with Crippen LogP contribution in [0.2, 0.25) is 20.1 Å². The lowest BCUT2D eigenvalue weighted by atomic mass is 9.83. The maximum atomic E-state index is 11.8. The van der Waals surface area contributed by atoms with Gasteiger partial charge in [-0.05, 0) is 73.2 Å². The van der Waals surface area contributed by atoms with Crippen molar-refractivity contribution in [3.8, 4) is 12.1 Å². The summed E-state index contributed by atoms with van der Waals surface area (Å²) in [6, 6.07) is 14.3. The van der Waals surface area contributed by atoms with Crippen molar-refractivity contribution in [2.45, 2.75) is 71.2 Å². The fourth-order valence-corrected chi connectivity index (χ4v) is 9.17. The number of allylic oxidation sites excluding steroid dienone is 3. The number of hydrogen-bond donors (Lipinski definition) is 0. The zero-order valence-electron chi connectivity index (χ0n) is 33.5. The summed E-state index contributed by atoms with van der Waals surface area (Å²) in [5, 5.41) is 30.1. The molecule has 4 atom stereocenters. The van der Waals surface area contributed by atoms with Crippen LogP contribution < -0.4 is 0 Å². The summed E-state index contributed by atoms with van der Waals surface area (Å²) in [5.41, 5.74) is 7.55. The van der Waals surface area contributed by atoms with Crippen LogP contribution in [0.25, 0.3) is 33.5 Å². The lowest BCUT2D eigenvalue weighted by Crippen LogP contribution is -2.39. The van der Waals surface area contributed by atoms with Crippen LogP contribution in [0.3, 0.4) is 0 Å². The Kier molecular flexibility index (Phi) is 12.0. The predicted molar refractivity (Wildman–Crippen MR) is 233 cm³/mol. The van der Waals surface area contributed by atoms with Crippen LogP contribution in [0, 0.1) is 34.5 Å². The summed E-state index contributed by atoms with van der Waals surface area (Å²) in [4.78, 5) is 30.5. The van der Waals surface area contributed by atoms with Crippen molar-refractivity contribution in [1.29, 1.82) is 10.5 Å². The van der Waals surface area contributed by atoms with Crippen molar-refractivity contribution in [2.24, 2.45) is 11.8 Å². The van der Waals surface area contributed by atoms with E-state index in [-0.39, 0.29) is 41.1 Å². The standard InChI is InChI=1S/C23H21Cl2N5O2.C21H17Cl2N5O/c1-13-9-15(5-6-23(13)31-7-8-32-23)20-12-27-21-19(11-26)29-30(22(21)28-20)14(2)17-4-3-16(24)10-18(17)25;1-11-7-13(3-6-19(11)29)18-10-25-20-17(9-24)27-28(21(20)26-18)12(2)15-5-4-14(22)8-16(15)23/h3-5,10,12-14H,6-9H2,1-2H3;3-5,8,10-12H,6-7H2,1-2H3/t13?,14-;11?,12-/m11/s1. The summed E-state index contributed by atoms with van der Waals surface area (Å²) >= 11 is 24.9. The zero-order chi connectivity index (χ0) is 43.2. The Morgan fingerprint density at radius 3 is 1.69 bits per heavy atom. The summed E-state index contributed by atoms with van der Waals surface area (Å²) in [7, 11) is 0. The lowest BCUT2D eigenvalue weighted by molar-refractivity contribution is -0.190. The molecular formula is C44H38Cl4N10O3. The van der Waals surface area contributed by atoms with Gasteiger partial charge in [-0.2, -0.15) is 20.7 Å². The van der Waals surface area contributed by atoms with Gasteiger partial charge in [-0.15, -0.1) is 0 Å². The molecular weight excluding hydrogens is 858 g/mol. The predicted octanol–water partition coefficient (Wildman–Crippen LogP) is 10.2. The molecule has 5 heterocycles. The Morgan fingerprint density at radius 2 is 1.25 bits per heavy atom. The summed E-state index contributed by atoms with van der Waals surface area (Å²) in [6.45, 7) is 9.19. The zero-order valence-corrected chi connectivity index (χ0v) is 36.6. The molecule has 2 unspecified atom stereocenters. The molecule has 1 spiro atoms. The largest absolute Gasteiger partial charge is 0.347 e. The van der Waals surface area contributed by atoms with E-state index in [1.165, 1.54) is 0 Å². The lowest BCUT2D eigenvalue weighted by Gasteiger charge is -2.36. The second-order valence-corrected chi connectivity index (χ2v) is 17.1. The minimum atomic E-state index is -0.531. The van der Waals surface area contributed by atoms with Gasteiger partial charge < -0.3 is 9.47 Å². The van der Waals surface area contributed by atoms with Gasteiger partial charge in [0.05, 0.1) is 49.1 Å². The van der Waals surface area contributed by atoms with Gasteiger partial charge in [-0.25, -0.2) is 29.3 Å². The number of benzene rings is 2. The van der Waals surface area contributed by atoms with E-state index < -0.39 is 5.79 Å². The highest BCUT2D eigenvalue weighted by Crippen LogP contribution is 2.42. The molecule has 0 N–H and O–H groups in total. The first-order valence-corrected chi connectivity index (χ1v) is 21.2. The van der Waals surface area contributed by atoms with Gasteiger partial charge in [-0.3, -0.25) is 4.79 Å². The number of aromatic nitrogens is 8. The van der Waals surface area contributed by atoms with Crippen LogP contribution in [-0.4, -0.2) is 64.3 Å². The molecule has 1 saturated heterocycles. The quantitative estimate of drug-likeness (QED) is 0.156. The monoisotopic (exact) mass is 894 g/mol. The van der Waals surface area contributed by atoms with Crippen molar-refractivity contribution in [3.63, 3.8) is 0 Å². The number of halogens is 4. The summed E-state index contributed by atoms with van der Waals surface area (Å²) in [6.07, 6.45) is 9.83. The van der Waals surface area contributed by atoms with E-state index in [1.807, 2.05) is 39.0 Å². The van der Waals surface area contributed by atoms with E-state index in [9.17, 15) is 15.3 Å². The normalized spacial score (nSPS) is 19.5. The minimum absolute atomic E-state index is 0.0427. The highest BCUT2D eigenvalue weighted by Gasteiger charge is 2.44. The molecule has 1 aliphatic heterocycles. The third-order valence-electron chi connectivity index (χ3n) is 11.5. The van der Waals surface area contributed by atoms with Gasteiger partial charge in [0.15, 0.2) is 28.5 Å². The number of hydrogen-bond acceptors (Lipinski definition) is 11. The van der Waals surface area contributed by atoms with Crippen molar-refractivity contribution in [1.82, 2.24) is 39.5 Å². The highest BCUT2D eigenvalue weighted by molar-refractivity contribution is 6.35. The van der Waals surface area contributed by atoms with E-state index in [1.54, 1.807) is 46.0 Å². The van der Waals surface area contributed by atoms with Crippen LogP contribution in [0.15, 0.2) is 60.9 Å².